The van der Waals surface area contributed by atoms with E-state index in [1.807, 2.05) is 0 Å². The Balaban J connectivity index is 1.07. The molecule has 0 N–H and O–H groups in total. The highest BCUT2D eigenvalue weighted by Gasteiger charge is 2.22. The number of benzene rings is 14. The summed E-state index contributed by atoms with van der Waals surface area (Å²) in [7, 11) is 0. The molecular formula is C76H54. The molecule has 358 valence electrons. The minimum atomic E-state index is 1.19. The summed E-state index contributed by atoms with van der Waals surface area (Å²) in [6, 6.07) is 95.5. The van der Waals surface area contributed by atoms with Gasteiger partial charge >= 0.3 is 0 Å². The maximum Gasteiger partial charge on any atom is -0.00921 e. The molecule has 14 aromatic rings. The van der Waals surface area contributed by atoms with E-state index in [0.29, 0.717) is 0 Å². The molecule has 0 aromatic heterocycles. The van der Waals surface area contributed by atoms with Gasteiger partial charge in [0.05, 0.1) is 0 Å². The second-order valence-electron chi connectivity index (χ2n) is 20.9. The van der Waals surface area contributed by atoms with E-state index in [-0.39, 0.29) is 0 Å². The monoisotopic (exact) mass is 966 g/mol. The molecule has 0 heterocycles. The molecule has 0 fully saturated rings. The quantitative estimate of drug-likeness (QED) is 0.140. The van der Waals surface area contributed by atoms with Crippen molar-refractivity contribution in [2.45, 2.75) is 27.7 Å². The number of hydrogen-bond donors (Lipinski definition) is 0. The van der Waals surface area contributed by atoms with Crippen molar-refractivity contribution in [1.29, 1.82) is 0 Å². The van der Waals surface area contributed by atoms with Gasteiger partial charge in [0.25, 0.3) is 0 Å². The van der Waals surface area contributed by atoms with E-state index < -0.39 is 0 Å². The highest BCUT2D eigenvalue weighted by Crippen LogP contribution is 2.48. The molecule has 0 aliphatic carbocycles. The van der Waals surface area contributed by atoms with Crippen LogP contribution in [0.5, 0.6) is 0 Å². The van der Waals surface area contributed by atoms with Crippen LogP contribution in [0, 0.1) is 27.7 Å². The Morgan fingerprint density at radius 2 is 0.461 bits per heavy atom. The fourth-order valence-electron chi connectivity index (χ4n) is 12.9. The van der Waals surface area contributed by atoms with Crippen LogP contribution in [0.1, 0.15) is 22.3 Å². The molecule has 0 heteroatoms. The van der Waals surface area contributed by atoms with Gasteiger partial charge in [0, 0.05) is 0 Å². The van der Waals surface area contributed by atoms with Crippen LogP contribution in [0.3, 0.4) is 0 Å². The Morgan fingerprint density at radius 3 is 0.934 bits per heavy atom. The first kappa shape index (κ1) is 45.3. The Bertz CT molecular complexity index is 4610. The molecule has 0 nitrogen and oxygen atoms in total. The van der Waals surface area contributed by atoms with Crippen molar-refractivity contribution < 1.29 is 0 Å². The molecule has 0 saturated carbocycles. The summed E-state index contributed by atoms with van der Waals surface area (Å²) in [4.78, 5) is 0. The first-order valence-electron chi connectivity index (χ1n) is 26.7. The smallest absolute Gasteiger partial charge is 0.00921 e. The SMILES string of the molecule is Cc1cccc(C)c1-c1cc2c3ccc(-c4ccc5c(-c6ccccc6-c6ccccc6)cc6c7ccccc7c(-c7ccccc7-c7ccccc7)cc6c5c4)cc3c(-c3c(C)cccc3C)cc2c2ccccc12. The van der Waals surface area contributed by atoms with E-state index in [4.69, 9.17) is 0 Å². The number of rotatable bonds is 7. The molecule has 76 heavy (non-hydrogen) atoms. The molecule has 0 atom stereocenters. The molecule has 0 spiro atoms. The first-order chi connectivity index (χ1) is 37.4. The summed E-state index contributed by atoms with van der Waals surface area (Å²) in [5, 5.41) is 15.1. The Kier molecular flexibility index (Phi) is 10.9. The minimum Gasteiger partial charge on any atom is -0.0622 e. The van der Waals surface area contributed by atoms with Crippen LogP contribution in [0.2, 0.25) is 0 Å². The molecular weight excluding hydrogens is 913 g/mol. The van der Waals surface area contributed by atoms with Gasteiger partial charge in [0.1, 0.15) is 0 Å². The summed E-state index contributed by atoms with van der Waals surface area (Å²) in [6.07, 6.45) is 0. The van der Waals surface area contributed by atoms with Crippen molar-refractivity contribution in [2.24, 2.45) is 0 Å². The maximum atomic E-state index is 2.50. The van der Waals surface area contributed by atoms with Gasteiger partial charge in [0.2, 0.25) is 0 Å². The minimum absolute atomic E-state index is 1.19. The Labute approximate surface area is 444 Å². The zero-order valence-corrected chi connectivity index (χ0v) is 43.2. The number of hydrogen-bond acceptors (Lipinski definition) is 0. The first-order valence-corrected chi connectivity index (χ1v) is 26.7. The van der Waals surface area contributed by atoms with Crippen LogP contribution in [0.4, 0.5) is 0 Å². The van der Waals surface area contributed by atoms with E-state index >= 15 is 0 Å². The maximum absolute atomic E-state index is 2.50. The molecule has 0 bridgehead atoms. The topological polar surface area (TPSA) is 0 Å². The van der Waals surface area contributed by atoms with E-state index in [9.17, 15) is 0 Å². The van der Waals surface area contributed by atoms with Gasteiger partial charge in [-0.1, -0.05) is 218 Å². The summed E-state index contributed by atoms with van der Waals surface area (Å²) < 4.78 is 0. The molecule has 0 aliphatic heterocycles. The van der Waals surface area contributed by atoms with Crippen molar-refractivity contribution in [1.82, 2.24) is 0 Å². The van der Waals surface area contributed by atoms with Crippen LogP contribution in [-0.4, -0.2) is 0 Å². The van der Waals surface area contributed by atoms with Crippen molar-refractivity contribution in [3.8, 4) is 77.9 Å². The fraction of sp³-hybridized carbons (Fsp3) is 0.0526. The van der Waals surface area contributed by atoms with E-state index in [0.717, 1.165) is 0 Å². The van der Waals surface area contributed by atoms with Crippen LogP contribution in [0.25, 0.3) is 143 Å². The lowest BCUT2D eigenvalue weighted by molar-refractivity contribution is 1.38. The summed E-state index contributed by atoms with van der Waals surface area (Å²) in [6.45, 7) is 9.03. The third-order valence-corrected chi connectivity index (χ3v) is 16.4. The van der Waals surface area contributed by atoms with E-state index in [1.54, 1.807) is 0 Å². The largest absolute Gasteiger partial charge is 0.0622 e. The zero-order valence-electron chi connectivity index (χ0n) is 43.2. The zero-order chi connectivity index (χ0) is 51.0. The van der Waals surface area contributed by atoms with Crippen molar-refractivity contribution in [2.75, 3.05) is 0 Å². The lowest BCUT2D eigenvalue weighted by Gasteiger charge is -2.20. The van der Waals surface area contributed by atoms with Crippen molar-refractivity contribution in [3.63, 3.8) is 0 Å². The number of aryl methyl sites for hydroxylation is 4. The molecule has 14 aromatic carbocycles. The third kappa shape index (κ3) is 7.36. The predicted molar refractivity (Wildman–Crippen MR) is 328 cm³/mol. The van der Waals surface area contributed by atoms with Gasteiger partial charge in [-0.15, -0.1) is 0 Å². The predicted octanol–water partition coefficient (Wildman–Crippen LogP) is 21.5. The lowest BCUT2D eigenvalue weighted by atomic mass is 9.83. The fourth-order valence-corrected chi connectivity index (χ4v) is 12.9. The Hall–Kier alpha value is -9.36. The van der Waals surface area contributed by atoms with Crippen molar-refractivity contribution >= 4 is 64.6 Å². The molecule has 14 rings (SSSR count). The average molecular weight is 967 g/mol. The summed E-state index contributed by atoms with van der Waals surface area (Å²) >= 11 is 0. The van der Waals surface area contributed by atoms with Crippen molar-refractivity contribution in [3.05, 3.63) is 277 Å². The van der Waals surface area contributed by atoms with Gasteiger partial charge in [-0.05, 0) is 229 Å². The van der Waals surface area contributed by atoms with E-state index in [2.05, 4.69) is 282 Å². The molecule has 0 aliphatic rings. The van der Waals surface area contributed by atoms with Gasteiger partial charge in [-0.3, -0.25) is 0 Å². The number of fused-ring (bicyclic) bond motifs is 10. The van der Waals surface area contributed by atoms with Crippen LogP contribution >= 0.6 is 0 Å². The highest BCUT2D eigenvalue weighted by atomic mass is 14.2. The van der Waals surface area contributed by atoms with Gasteiger partial charge in [0.15, 0.2) is 0 Å². The summed E-state index contributed by atoms with van der Waals surface area (Å²) in [5.74, 6) is 0. The molecule has 0 radical (unpaired) electrons. The molecule has 0 saturated heterocycles. The summed E-state index contributed by atoms with van der Waals surface area (Å²) in [5.41, 5.74) is 22.5. The normalized spacial score (nSPS) is 11.7. The van der Waals surface area contributed by atoms with Gasteiger partial charge in [-0.2, -0.15) is 0 Å². The van der Waals surface area contributed by atoms with E-state index in [1.165, 1.54) is 165 Å². The molecule has 0 amide bonds. The van der Waals surface area contributed by atoms with Crippen LogP contribution in [0.15, 0.2) is 255 Å². The molecule has 0 unspecified atom stereocenters. The highest BCUT2D eigenvalue weighted by molar-refractivity contribution is 6.27. The van der Waals surface area contributed by atoms with Crippen LogP contribution < -0.4 is 0 Å². The standard InChI is InChI=1S/C76H54/c1-47-21-19-22-48(2)75(47)73-45-71-64-40-38-54(42-66(64)74(76-49(3)23-20-24-50(76)4)46-70(71)61-35-17-18-36-62(61)73)53-37-39-63-65(41-53)72-44-67(57-31-13-11-29-55(57)51-25-7-5-8-26-51)59-33-15-16-34-60(59)69(72)43-68(63)58-32-14-12-30-56(58)52-27-9-6-10-28-52/h5-46H,1-4H3. The average Bonchev–Trinajstić information content (AvgIpc) is 3.57. The van der Waals surface area contributed by atoms with Gasteiger partial charge in [-0.25, -0.2) is 0 Å². The second kappa shape index (κ2) is 18.2. The second-order valence-corrected chi connectivity index (χ2v) is 20.9. The Morgan fingerprint density at radius 1 is 0.158 bits per heavy atom. The third-order valence-electron chi connectivity index (χ3n) is 16.4. The van der Waals surface area contributed by atoms with Gasteiger partial charge < -0.3 is 0 Å². The van der Waals surface area contributed by atoms with Crippen LogP contribution in [-0.2, 0) is 0 Å². The lowest BCUT2D eigenvalue weighted by Crippen LogP contribution is -1.94.